The Kier molecular flexibility index (Phi) is 3.60. The average molecular weight is 234 g/mol. The van der Waals surface area contributed by atoms with Crippen molar-refractivity contribution in [2.24, 2.45) is 4.99 Å². The van der Waals surface area contributed by atoms with E-state index in [9.17, 15) is 0 Å². The van der Waals surface area contributed by atoms with Gasteiger partial charge in [-0.25, -0.2) is 0 Å². The second-order valence-corrected chi connectivity index (χ2v) is 5.19. The number of hydrogen-bond acceptors (Lipinski definition) is 2. The highest BCUT2D eigenvalue weighted by molar-refractivity contribution is 7.17. The van der Waals surface area contributed by atoms with Crippen LogP contribution in [0, 0.1) is 0 Å². The topological polar surface area (TPSA) is 24.4 Å². The molecular formula is C13H19N2P. The molecule has 1 aliphatic carbocycles. The molecule has 0 bridgehead atoms. The molecule has 2 unspecified atom stereocenters. The summed E-state index contributed by atoms with van der Waals surface area (Å²) in [5.74, 6) is 0. The molecule has 3 heteroatoms. The molecule has 2 atom stereocenters. The fraction of sp³-hybridized carbons (Fsp3) is 0.462. The number of hydrogen-bond donors (Lipinski definition) is 1. The molecule has 0 aromatic carbocycles. The molecule has 86 valence electrons. The van der Waals surface area contributed by atoms with Crippen molar-refractivity contribution in [3.8, 4) is 0 Å². The monoisotopic (exact) mass is 234 g/mol. The predicted molar refractivity (Wildman–Crippen MR) is 73.5 cm³/mol. The Morgan fingerprint density at radius 1 is 1.44 bits per heavy atom. The highest BCUT2D eigenvalue weighted by Crippen LogP contribution is 2.34. The Morgan fingerprint density at radius 2 is 2.25 bits per heavy atom. The average Bonchev–Trinajstić information content (AvgIpc) is 2.63. The van der Waals surface area contributed by atoms with E-state index in [0.717, 1.165) is 18.6 Å². The summed E-state index contributed by atoms with van der Waals surface area (Å²) in [7, 11) is 2.94. The lowest BCUT2D eigenvalue weighted by atomic mass is 9.94. The van der Waals surface area contributed by atoms with Crippen LogP contribution in [0.2, 0.25) is 0 Å². The minimum Gasteiger partial charge on any atom is -0.357 e. The van der Waals surface area contributed by atoms with Crippen molar-refractivity contribution in [1.82, 2.24) is 5.32 Å². The van der Waals surface area contributed by atoms with Crippen LogP contribution in [-0.4, -0.2) is 11.4 Å². The van der Waals surface area contributed by atoms with E-state index in [1.54, 1.807) is 0 Å². The summed E-state index contributed by atoms with van der Waals surface area (Å²) in [4.78, 5) is 4.55. The Bertz CT molecular complexity index is 402. The lowest BCUT2D eigenvalue weighted by Gasteiger charge is -2.19. The molecule has 2 aliphatic rings. The molecule has 0 saturated carbocycles. The van der Waals surface area contributed by atoms with Crippen molar-refractivity contribution in [3.63, 3.8) is 0 Å². The summed E-state index contributed by atoms with van der Waals surface area (Å²) in [5, 5.41) is 3.49. The smallest absolute Gasteiger partial charge is 0.0910 e. The molecule has 2 nitrogen and oxygen atoms in total. The molecule has 16 heavy (non-hydrogen) atoms. The van der Waals surface area contributed by atoms with Gasteiger partial charge >= 0.3 is 0 Å². The van der Waals surface area contributed by atoms with Gasteiger partial charge in [-0.1, -0.05) is 12.2 Å². The van der Waals surface area contributed by atoms with E-state index in [-0.39, 0.29) is 0 Å². The molecule has 0 fully saturated rings. The van der Waals surface area contributed by atoms with Crippen LogP contribution in [0.3, 0.4) is 0 Å². The maximum Gasteiger partial charge on any atom is 0.0910 e. The molecule has 0 spiro atoms. The first-order valence-corrected chi connectivity index (χ1v) is 6.53. The maximum atomic E-state index is 4.55. The summed E-state index contributed by atoms with van der Waals surface area (Å²) in [5.41, 5.74) is 5.81. The van der Waals surface area contributed by atoms with Crippen LogP contribution < -0.4 is 5.32 Å². The third-order valence-corrected chi connectivity index (χ3v) is 3.63. The molecular weight excluding hydrogens is 215 g/mol. The van der Waals surface area contributed by atoms with Crippen LogP contribution in [0.25, 0.3) is 0 Å². The van der Waals surface area contributed by atoms with Crippen molar-refractivity contribution in [1.29, 1.82) is 0 Å². The van der Waals surface area contributed by atoms with Gasteiger partial charge in [0.25, 0.3) is 0 Å². The van der Waals surface area contributed by atoms with Gasteiger partial charge in [0.1, 0.15) is 0 Å². The molecule has 0 aromatic rings. The Hall–Kier alpha value is -0.880. The van der Waals surface area contributed by atoms with E-state index in [0.29, 0.717) is 5.66 Å². The van der Waals surface area contributed by atoms with E-state index < -0.39 is 0 Å². The van der Waals surface area contributed by atoms with Crippen molar-refractivity contribution in [2.75, 3.05) is 0 Å². The van der Waals surface area contributed by atoms with Gasteiger partial charge in [-0.2, -0.15) is 0 Å². The highest BCUT2D eigenvalue weighted by atomic mass is 31.0. The Balaban J connectivity index is 2.35. The standard InChI is InChI=1S/C13H19N2P/c1-3-7-14-13-10-8-9(16)5-6-12(10)15-11(13)4-2/h3-4,7,9,15H,5-6,8,16H2,1-2H3/b7-3-,11-4+,14-13+. The van der Waals surface area contributed by atoms with Crippen LogP contribution in [0.5, 0.6) is 0 Å². The molecule has 0 saturated heterocycles. The van der Waals surface area contributed by atoms with Gasteiger partial charge in [0.15, 0.2) is 0 Å². The number of rotatable bonds is 1. The second-order valence-electron chi connectivity index (χ2n) is 4.25. The molecule has 0 amide bonds. The number of aliphatic imine (C=N–C) groups is 1. The minimum atomic E-state index is 0.701. The lowest BCUT2D eigenvalue weighted by molar-refractivity contribution is 0.686. The third-order valence-electron chi connectivity index (χ3n) is 3.06. The molecule has 0 radical (unpaired) electrons. The maximum absolute atomic E-state index is 4.55. The zero-order chi connectivity index (χ0) is 11.5. The van der Waals surface area contributed by atoms with Crippen LogP contribution in [0.15, 0.2) is 40.3 Å². The SMILES string of the molecule is C\C=C/N=C1\C2=C(CCC(P)C2)N\C1=C\C. The van der Waals surface area contributed by atoms with E-state index in [4.69, 9.17) is 0 Å². The predicted octanol–water partition coefficient (Wildman–Crippen LogP) is 3.15. The van der Waals surface area contributed by atoms with E-state index in [1.165, 1.54) is 23.4 Å². The van der Waals surface area contributed by atoms with Crippen LogP contribution >= 0.6 is 9.24 Å². The molecule has 1 heterocycles. The van der Waals surface area contributed by atoms with Crippen molar-refractivity contribution < 1.29 is 0 Å². The summed E-state index contributed by atoms with van der Waals surface area (Å²) < 4.78 is 0. The Morgan fingerprint density at radius 3 is 2.94 bits per heavy atom. The van der Waals surface area contributed by atoms with Gasteiger partial charge in [0.2, 0.25) is 0 Å². The third kappa shape index (κ3) is 2.12. The molecule has 1 aliphatic heterocycles. The summed E-state index contributed by atoms with van der Waals surface area (Å²) in [6, 6.07) is 0. The minimum absolute atomic E-state index is 0.701. The number of allylic oxidation sites excluding steroid dienone is 4. The summed E-state index contributed by atoms with van der Waals surface area (Å²) in [6.45, 7) is 4.06. The van der Waals surface area contributed by atoms with Gasteiger partial charge in [-0.05, 0) is 44.3 Å². The molecule has 2 rings (SSSR count). The first-order valence-electron chi connectivity index (χ1n) is 5.87. The Labute approximate surface area is 99.8 Å². The van der Waals surface area contributed by atoms with Crippen molar-refractivity contribution >= 4 is 15.0 Å². The normalized spacial score (nSPS) is 30.3. The van der Waals surface area contributed by atoms with Crippen LogP contribution in [-0.2, 0) is 0 Å². The van der Waals surface area contributed by atoms with Crippen LogP contribution in [0.4, 0.5) is 0 Å². The van der Waals surface area contributed by atoms with E-state index in [1.807, 2.05) is 19.2 Å². The zero-order valence-electron chi connectivity index (χ0n) is 9.96. The number of nitrogens with one attached hydrogen (secondary N) is 1. The van der Waals surface area contributed by atoms with Crippen molar-refractivity contribution in [3.05, 3.63) is 35.3 Å². The van der Waals surface area contributed by atoms with E-state index in [2.05, 4.69) is 32.5 Å². The first kappa shape index (κ1) is 11.6. The highest BCUT2D eigenvalue weighted by Gasteiger charge is 2.29. The van der Waals surface area contributed by atoms with Gasteiger partial charge in [-0.15, -0.1) is 9.24 Å². The van der Waals surface area contributed by atoms with Gasteiger partial charge in [0, 0.05) is 11.9 Å². The van der Waals surface area contributed by atoms with Gasteiger partial charge < -0.3 is 5.32 Å². The lowest BCUT2D eigenvalue weighted by Crippen LogP contribution is -2.12. The fourth-order valence-electron chi connectivity index (χ4n) is 2.24. The summed E-state index contributed by atoms with van der Waals surface area (Å²) >= 11 is 0. The quantitative estimate of drug-likeness (QED) is 0.692. The van der Waals surface area contributed by atoms with Crippen molar-refractivity contribution in [2.45, 2.75) is 38.8 Å². The van der Waals surface area contributed by atoms with Crippen LogP contribution in [0.1, 0.15) is 33.1 Å². The largest absolute Gasteiger partial charge is 0.357 e. The van der Waals surface area contributed by atoms with Gasteiger partial charge in [-0.3, -0.25) is 4.99 Å². The molecule has 1 N–H and O–H groups in total. The van der Waals surface area contributed by atoms with Gasteiger partial charge in [0.05, 0.1) is 11.4 Å². The number of nitrogens with zero attached hydrogens (tertiary/aromatic N) is 1. The first-order chi connectivity index (χ1) is 7.76. The molecule has 0 aromatic heterocycles. The summed E-state index contributed by atoms with van der Waals surface area (Å²) in [6.07, 6.45) is 9.49. The second kappa shape index (κ2) is 4.97. The fourth-order valence-corrected chi connectivity index (χ4v) is 2.64. The zero-order valence-corrected chi connectivity index (χ0v) is 11.1. The van der Waals surface area contributed by atoms with E-state index >= 15 is 0 Å².